The van der Waals surface area contributed by atoms with E-state index in [9.17, 15) is 8.78 Å². The second-order valence-corrected chi connectivity index (χ2v) is 6.06. The lowest BCUT2D eigenvalue weighted by atomic mass is 9.92. The van der Waals surface area contributed by atoms with Crippen LogP contribution in [0.25, 0.3) is 0 Å². The predicted octanol–water partition coefficient (Wildman–Crippen LogP) is 6.70. The molecule has 0 aromatic heterocycles. The Bertz CT molecular complexity index is 438. The van der Waals surface area contributed by atoms with E-state index in [-0.39, 0.29) is 5.92 Å². The van der Waals surface area contributed by atoms with Crippen molar-refractivity contribution in [2.75, 3.05) is 0 Å². The van der Waals surface area contributed by atoms with Crippen LogP contribution in [0.3, 0.4) is 0 Å². The first-order chi connectivity index (χ1) is 9.65. The highest BCUT2D eigenvalue weighted by molar-refractivity contribution is 5.30. The van der Waals surface area contributed by atoms with Gasteiger partial charge in [0.2, 0.25) is 0 Å². The molecule has 118 valence electrons. The molecule has 0 nitrogen and oxygen atoms in total. The molecule has 0 aliphatic heterocycles. The third kappa shape index (κ3) is 8.44. The minimum Gasteiger partial charge on any atom is -0.204 e. The molecule has 2 unspecified atom stereocenters. The highest BCUT2D eigenvalue weighted by Gasteiger charge is 2.08. The van der Waals surface area contributed by atoms with Gasteiger partial charge in [-0.05, 0) is 29.9 Å². The zero-order valence-corrected chi connectivity index (χ0v) is 13.8. The third-order valence-corrected chi connectivity index (χ3v) is 3.56. The third-order valence-electron chi connectivity index (χ3n) is 3.56. The summed E-state index contributed by atoms with van der Waals surface area (Å²) < 4.78 is 25.7. The Morgan fingerprint density at radius 3 is 1.90 bits per heavy atom. The molecule has 0 aromatic carbocycles. The van der Waals surface area contributed by atoms with Gasteiger partial charge in [0, 0.05) is 5.92 Å². The van der Waals surface area contributed by atoms with Gasteiger partial charge < -0.3 is 0 Å². The highest BCUT2D eigenvalue weighted by atomic mass is 19.2. The van der Waals surface area contributed by atoms with Crippen molar-refractivity contribution < 1.29 is 8.78 Å². The van der Waals surface area contributed by atoms with E-state index in [1.54, 1.807) is 6.92 Å². The van der Waals surface area contributed by atoms with Crippen molar-refractivity contribution in [3.63, 3.8) is 0 Å². The fourth-order valence-electron chi connectivity index (χ4n) is 1.72. The fraction of sp³-hybridized carbons (Fsp3) is 0.474. The van der Waals surface area contributed by atoms with E-state index in [1.165, 1.54) is 6.08 Å². The fourth-order valence-corrected chi connectivity index (χ4v) is 1.72. The number of hydrogen-bond donors (Lipinski definition) is 0. The van der Waals surface area contributed by atoms with Crippen LogP contribution in [0.2, 0.25) is 0 Å². The van der Waals surface area contributed by atoms with Crippen LogP contribution in [0.5, 0.6) is 0 Å². The lowest BCUT2D eigenvalue weighted by Crippen LogP contribution is -2.00. The smallest absolute Gasteiger partial charge is 0.154 e. The predicted molar refractivity (Wildman–Crippen MR) is 89.3 cm³/mol. The molecule has 0 aromatic rings. The molecule has 2 heteroatoms. The van der Waals surface area contributed by atoms with Crippen molar-refractivity contribution in [2.45, 2.75) is 40.5 Å². The van der Waals surface area contributed by atoms with E-state index < -0.39 is 11.7 Å². The van der Waals surface area contributed by atoms with E-state index in [0.717, 1.165) is 18.4 Å². The quantitative estimate of drug-likeness (QED) is 0.415. The summed E-state index contributed by atoms with van der Waals surface area (Å²) in [6.07, 6.45) is 7.18. The van der Waals surface area contributed by atoms with Crippen LogP contribution in [-0.4, -0.2) is 0 Å². The van der Waals surface area contributed by atoms with Crippen LogP contribution in [0.15, 0.2) is 60.8 Å². The standard InChI is InChI=1S/C19H28F2/c1-13(2)8-9-14(3)15(4)10-11-16(5)17(6)12-19(21)18(7)20/h10-14,17H,4-5,7-9H2,1-3,6H3/b11-10-,19-12+. The second-order valence-electron chi connectivity index (χ2n) is 6.06. The molecule has 0 rings (SSSR count). The van der Waals surface area contributed by atoms with Crippen molar-refractivity contribution in [3.05, 3.63) is 60.8 Å². The molecule has 0 heterocycles. The first-order valence-corrected chi connectivity index (χ1v) is 7.42. The van der Waals surface area contributed by atoms with Crippen molar-refractivity contribution in [1.82, 2.24) is 0 Å². The molecule has 0 saturated heterocycles. The zero-order chi connectivity index (χ0) is 16.6. The Kier molecular flexibility index (Phi) is 8.84. The average Bonchev–Trinajstić information content (AvgIpc) is 2.40. The van der Waals surface area contributed by atoms with E-state index in [4.69, 9.17) is 0 Å². The molecule has 21 heavy (non-hydrogen) atoms. The minimum absolute atomic E-state index is 0.285. The number of halogens is 2. The minimum atomic E-state index is -1.05. The Morgan fingerprint density at radius 2 is 1.43 bits per heavy atom. The maximum absolute atomic E-state index is 13.1. The Labute approximate surface area is 128 Å². The molecule has 0 aliphatic rings. The number of allylic oxidation sites excluding steroid dienone is 7. The molecule has 0 N–H and O–H groups in total. The molecule has 0 fully saturated rings. The van der Waals surface area contributed by atoms with Crippen LogP contribution < -0.4 is 0 Å². The summed E-state index contributed by atoms with van der Waals surface area (Å²) in [5.74, 6) is -1.18. The molecule has 0 radical (unpaired) electrons. The van der Waals surface area contributed by atoms with Crippen molar-refractivity contribution in [3.8, 4) is 0 Å². The Hall–Kier alpha value is -1.44. The summed E-state index contributed by atoms with van der Waals surface area (Å²) in [5.41, 5.74) is 1.74. The van der Waals surface area contributed by atoms with Gasteiger partial charge in [0.25, 0.3) is 0 Å². The summed E-state index contributed by atoms with van der Waals surface area (Å²) in [6, 6.07) is 0. The van der Waals surface area contributed by atoms with Crippen LogP contribution in [-0.2, 0) is 0 Å². The van der Waals surface area contributed by atoms with Gasteiger partial charge in [-0.2, -0.15) is 0 Å². The van der Waals surface area contributed by atoms with Crippen LogP contribution in [0.1, 0.15) is 40.5 Å². The first-order valence-electron chi connectivity index (χ1n) is 7.42. The first kappa shape index (κ1) is 19.6. The zero-order valence-electron chi connectivity index (χ0n) is 13.8. The number of hydrogen-bond acceptors (Lipinski definition) is 0. The number of rotatable bonds is 9. The topological polar surface area (TPSA) is 0 Å². The maximum Gasteiger partial charge on any atom is 0.154 e. The lowest BCUT2D eigenvalue weighted by Gasteiger charge is -2.13. The molecular weight excluding hydrogens is 266 g/mol. The van der Waals surface area contributed by atoms with Gasteiger partial charge in [-0.1, -0.05) is 71.6 Å². The van der Waals surface area contributed by atoms with Gasteiger partial charge in [-0.25, -0.2) is 8.78 Å². The van der Waals surface area contributed by atoms with E-state index in [1.807, 2.05) is 12.2 Å². The van der Waals surface area contributed by atoms with Gasteiger partial charge in [0.15, 0.2) is 11.7 Å². The van der Waals surface area contributed by atoms with Gasteiger partial charge in [-0.15, -0.1) is 0 Å². The molecule has 0 aliphatic carbocycles. The Balaban J connectivity index is 4.52. The van der Waals surface area contributed by atoms with E-state index >= 15 is 0 Å². The van der Waals surface area contributed by atoms with Gasteiger partial charge in [-0.3, -0.25) is 0 Å². The van der Waals surface area contributed by atoms with Crippen LogP contribution in [0.4, 0.5) is 8.78 Å². The molecule has 2 atom stereocenters. The summed E-state index contributed by atoms with van der Waals surface area (Å²) in [4.78, 5) is 0. The summed E-state index contributed by atoms with van der Waals surface area (Å²) in [6.45, 7) is 19.2. The molecular formula is C19H28F2. The van der Waals surface area contributed by atoms with Crippen LogP contribution >= 0.6 is 0 Å². The Morgan fingerprint density at radius 1 is 0.905 bits per heavy atom. The van der Waals surface area contributed by atoms with Gasteiger partial charge >= 0.3 is 0 Å². The highest BCUT2D eigenvalue weighted by Crippen LogP contribution is 2.22. The largest absolute Gasteiger partial charge is 0.204 e. The van der Waals surface area contributed by atoms with Crippen molar-refractivity contribution in [2.24, 2.45) is 17.8 Å². The summed E-state index contributed by atoms with van der Waals surface area (Å²) >= 11 is 0. The SMILES string of the molecule is C=C(F)/C(F)=C\C(C)C(=C)/C=C\C(=C)C(C)CCC(C)C. The normalized spacial score (nSPS) is 15.3. The van der Waals surface area contributed by atoms with Crippen LogP contribution in [0, 0.1) is 17.8 Å². The second kappa shape index (κ2) is 9.49. The van der Waals surface area contributed by atoms with E-state index in [0.29, 0.717) is 17.4 Å². The average molecular weight is 294 g/mol. The molecule has 0 saturated carbocycles. The summed E-state index contributed by atoms with van der Waals surface area (Å²) in [7, 11) is 0. The summed E-state index contributed by atoms with van der Waals surface area (Å²) in [5, 5.41) is 0. The van der Waals surface area contributed by atoms with E-state index in [2.05, 4.69) is 40.5 Å². The monoisotopic (exact) mass is 294 g/mol. The molecule has 0 amide bonds. The maximum atomic E-state index is 13.1. The van der Waals surface area contributed by atoms with Gasteiger partial charge in [0.1, 0.15) is 0 Å². The lowest BCUT2D eigenvalue weighted by molar-refractivity contribution is 0.494. The molecule has 0 spiro atoms. The molecule has 0 bridgehead atoms. The van der Waals surface area contributed by atoms with Crippen molar-refractivity contribution >= 4 is 0 Å². The van der Waals surface area contributed by atoms with Crippen molar-refractivity contribution in [1.29, 1.82) is 0 Å². The van der Waals surface area contributed by atoms with Gasteiger partial charge in [0.05, 0.1) is 0 Å².